The number of nitrogens with zero attached hydrogens (tertiary/aromatic N) is 2. The number of methoxy groups -OCH3 is 1. The van der Waals surface area contributed by atoms with Crippen LogP contribution in [0.15, 0.2) is 34.7 Å². The van der Waals surface area contributed by atoms with Gasteiger partial charge < -0.3 is 19.0 Å². The molecule has 6 nitrogen and oxygen atoms in total. The monoisotopic (exact) mass is 396 g/mol. The lowest BCUT2D eigenvalue weighted by atomic mass is 10.1. The van der Waals surface area contributed by atoms with Gasteiger partial charge in [-0.25, -0.2) is 0 Å². The van der Waals surface area contributed by atoms with Crippen molar-refractivity contribution in [2.24, 2.45) is 0 Å². The van der Waals surface area contributed by atoms with Crippen LogP contribution in [0, 0.1) is 0 Å². The maximum Gasteiger partial charge on any atom is 0.289 e. The SMILES string of the molecule is COCc1ccc(C(=O)N2CCN(C(=O)c3ccc(Cl)cc3Cl)CC2)o1. The van der Waals surface area contributed by atoms with Gasteiger partial charge in [-0.1, -0.05) is 23.2 Å². The summed E-state index contributed by atoms with van der Waals surface area (Å²) in [7, 11) is 1.56. The average molecular weight is 397 g/mol. The van der Waals surface area contributed by atoms with Gasteiger partial charge in [0.2, 0.25) is 0 Å². The topological polar surface area (TPSA) is 63.0 Å². The van der Waals surface area contributed by atoms with Gasteiger partial charge in [-0.2, -0.15) is 0 Å². The largest absolute Gasteiger partial charge is 0.453 e. The third-order valence-corrected chi connectivity index (χ3v) is 4.72. The smallest absolute Gasteiger partial charge is 0.289 e. The summed E-state index contributed by atoms with van der Waals surface area (Å²) in [5.41, 5.74) is 0.408. The van der Waals surface area contributed by atoms with Gasteiger partial charge in [0, 0.05) is 38.3 Å². The van der Waals surface area contributed by atoms with Crippen LogP contribution in [0.25, 0.3) is 0 Å². The summed E-state index contributed by atoms with van der Waals surface area (Å²) in [4.78, 5) is 28.5. The first kappa shape index (κ1) is 18.8. The van der Waals surface area contributed by atoms with Crippen molar-refractivity contribution >= 4 is 35.0 Å². The number of hydrogen-bond donors (Lipinski definition) is 0. The van der Waals surface area contributed by atoms with Crippen molar-refractivity contribution in [1.82, 2.24) is 9.80 Å². The summed E-state index contributed by atoms with van der Waals surface area (Å²) >= 11 is 12.0. The number of halogens is 2. The maximum absolute atomic E-state index is 12.6. The lowest BCUT2D eigenvalue weighted by Gasteiger charge is -2.34. The van der Waals surface area contributed by atoms with E-state index in [0.29, 0.717) is 54.2 Å². The Morgan fingerprint density at radius 1 is 1.04 bits per heavy atom. The Morgan fingerprint density at radius 2 is 1.69 bits per heavy atom. The molecule has 1 aromatic heterocycles. The van der Waals surface area contributed by atoms with Crippen molar-refractivity contribution in [3.63, 3.8) is 0 Å². The Labute approximate surface area is 161 Å². The van der Waals surface area contributed by atoms with E-state index < -0.39 is 0 Å². The van der Waals surface area contributed by atoms with E-state index in [1.165, 1.54) is 0 Å². The number of ether oxygens (including phenoxy) is 1. The number of rotatable bonds is 4. The lowest BCUT2D eigenvalue weighted by molar-refractivity contribution is 0.0514. The first-order valence-electron chi connectivity index (χ1n) is 8.11. The van der Waals surface area contributed by atoms with Crippen molar-refractivity contribution in [1.29, 1.82) is 0 Å². The van der Waals surface area contributed by atoms with E-state index in [9.17, 15) is 9.59 Å². The molecule has 1 saturated heterocycles. The number of furan rings is 1. The highest BCUT2D eigenvalue weighted by Gasteiger charge is 2.27. The van der Waals surface area contributed by atoms with Gasteiger partial charge in [0.05, 0.1) is 10.6 Å². The fraction of sp³-hybridized carbons (Fsp3) is 0.333. The molecule has 8 heteroatoms. The summed E-state index contributed by atoms with van der Waals surface area (Å²) in [5.74, 6) is 0.516. The van der Waals surface area contributed by atoms with Crippen molar-refractivity contribution in [2.45, 2.75) is 6.61 Å². The highest BCUT2D eigenvalue weighted by molar-refractivity contribution is 6.36. The highest BCUT2D eigenvalue weighted by Crippen LogP contribution is 2.23. The second-order valence-electron chi connectivity index (χ2n) is 5.91. The predicted octanol–water partition coefficient (Wildman–Crippen LogP) is 3.33. The molecule has 1 aromatic carbocycles. The van der Waals surface area contributed by atoms with Crippen molar-refractivity contribution in [2.75, 3.05) is 33.3 Å². The summed E-state index contributed by atoms with van der Waals surface area (Å²) in [5, 5.41) is 0.801. The third kappa shape index (κ3) is 4.03. The lowest BCUT2D eigenvalue weighted by Crippen LogP contribution is -2.50. The van der Waals surface area contributed by atoms with E-state index in [1.807, 2.05) is 0 Å². The number of piperazine rings is 1. The number of carbonyl (C=O) groups is 2. The van der Waals surface area contributed by atoms with E-state index >= 15 is 0 Å². The molecule has 26 heavy (non-hydrogen) atoms. The molecule has 2 amide bonds. The molecule has 1 fully saturated rings. The van der Waals surface area contributed by atoms with Crippen LogP contribution in [-0.2, 0) is 11.3 Å². The van der Waals surface area contributed by atoms with Gasteiger partial charge in [0.1, 0.15) is 12.4 Å². The molecule has 0 atom stereocenters. The second kappa shape index (κ2) is 8.12. The first-order valence-corrected chi connectivity index (χ1v) is 8.86. The molecule has 0 unspecified atom stereocenters. The summed E-state index contributed by atoms with van der Waals surface area (Å²) < 4.78 is 10.5. The fourth-order valence-electron chi connectivity index (χ4n) is 2.81. The molecule has 138 valence electrons. The normalized spacial score (nSPS) is 14.6. The molecule has 0 bridgehead atoms. The molecule has 2 aromatic rings. The molecule has 0 saturated carbocycles. The van der Waals surface area contributed by atoms with Crippen molar-refractivity contribution in [3.8, 4) is 0 Å². The van der Waals surface area contributed by atoms with Crippen LogP contribution in [0.3, 0.4) is 0 Å². The standard InChI is InChI=1S/C18H18Cl2N2O4/c1-25-11-13-3-5-16(26-13)18(24)22-8-6-21(7-9-22)17(23)14-4-2-12(19)10-15(14)20/h2-5,10H,6-9,11H2,1H3. The van der Waals surface area contributed by atoms with Crippen LogP contribution in [0.5, 0.6) is 0 Å². The summed E-state index contributed by atoms with van der Waals surface area (Å²) in [6, 6.07) is 8.16. The zero-order valence-corrected chi connectivity index (χ0v) is 15.7. The number of hydrogen-bond acceptors (Lipinski definition) is 4. The van der Waals surface area contributed by atoms with E-state index in [-0.39, 0.29) is 17.6 Å². The average Bonchev–Trinajstić information content (AvgIpc) is 3.10. The van der Waals surface area contributed by atoms with E-state index in [1.54, 1.807) is 47.2 Å². The van der Waals surface area contributed by atoms with Crippen LogP contribution < -0.4 is 0 Å². The van der Waals surface area contributed by atoms with Gasteiger partial charge in [-0.15, -0.1) is 0 Å². The minimum atomic E-state index is -0.191. The highest BCUT2D eigenvalue weighted by atomic mass is 35.5. The Morgan fingerprint density at radius 3 is 2.31 bits per heavy atom. The number of carbonyl (C=O) groups excluding carboxylic acids is 2. The molecule has 0 aliphatic carbocycles. The van der Waals surface area contributed by atoms with Crippen molar-refractivity contribution in [3.05, 3.63) is 57.5 Å². The third-order valence-electron chi connectivity index (χ3n) is 4.17. The Kier molecular flexibility index (Phi) is 5.86. The maximum atomic E-state index is 12.6. The Bertz CT molecular complexity index is 813. The van der Waals surface area contributed by atoms with Gasteiger partial charge in [0.15, 0.2) is 5.76 Å². The molecule has 0 N–H and O–H groups in total. The minimum absolute atomic E-state index is 0.167. The fourth-order valence-corrected chi connectivity index (χ4v) is 3.30. The summed E-state index contributed by atoms with van der Waals surface area (Å²) in [6.07, 6.45) is 0. The van der Waals surface area contributed by atoms with Gasteiger partial charge >= 0.3 is 0 Å². The molecular formula is C18H18Cl2N2O4. The number of amides is 2. The minimum Gasteiger partial charge on any atom is -0.453 e. The van der Waals surface area contributed by atoms with Crippen LogP contribution in [0.1, 0.15) is 26.7 Å². The quantitative estimate of drug-likeness (QED) is 0.794. The summed E-state index contributed by atoms with van der Waals surface area (Å²) in [6.45, 7) is 2.02. The molecule has 1 aliphatic heterocycles. The zero-order chi connectivity index (χ0) is 18.7. The van der Waals surface area contributed by atoms with E-state index in [4.69, 9.17) is 32.4 Å². The van der Waals surface area contributed by atoms with Gasteiger partial charge in [-0.05, 0) is 30.3 Å². The van der Waals surface area contributed by atoms with Gasteiger partial charge in [0.25, 0.3) is 11.8 Å². The Hall–Kier alpha value is -2.02. The molecule has 3 rings (SSSR count). The van der Waals surface area contributed by atoms with E-state index in [0.717, 1.165) is 0 Å². The van der Waals surface area contributed by atoms with E-state index in [2.05, 4.69) is 0 Å². The predicted molar refractivity (Wildman–Crippen MR) is 97.7 cm³/mol. The molecule has 1 aliphatic rings. The van der Waals surface area contributed by atoms with Crippen LogP contribution in [0.2, 0.25) is 10.0 Å². The number of benzene rings is 1. The van der Waals surface area contributed by atoms with Crippen LogP contribution in [0.4, 0.5) is 0 Å². The molecular weight excluding hydrogens is 379 g/mol. The zero-order valence-electron chi connectivity index (χ0n) is 14.2. The van der Waals surface area contributed by atoms with Crippen molar-refractivity contribution < 1.29 is 18.7 Å². The molecule has 0 radical (unpaired) electrons. The second-order valence-corrected chi connectivity index (χ2v) is 6.75. The van der Waals surface area contributed by atoms with Gasteiger partial charge in [-0.3, -0.25) is 9.59 Å². The first-order chi connectivity index (χ1) is 12.5. The van der Waals surface area contributed by atoms with Crippen LogP contribution in [-0.4, -0.2) is 54.9 Å². The molecule has 2 heterocycles. The van der Waals surface area contributed by atoms with Crippen LogP contribution >= 0.6 is 23.2 Å². The molecule has 0 spiro atoms. The Balaban J connectivity index is 1.61.